The average molecular weight is 396 g/mol. The summed E-state index contributed by atoms with van der Waals surface area (Å²) in [4.78, 5) is 81.0. The van der Waals surface area contributed by atoms with E-state index in [0.29, 0.717) is 51.4 Å². The number of carbonyl (C=O) groups excluding carboxylic acids is 8. The molecule has 4 rings (SSSR count). The molecule has 12 nitrogen and oxygen atoms in total. The molecule has 0 aromatic heterocycles. The first-order valence-electron chi connectivity index (χ1n) is 8.46. The van der Waals surface area contributed by atoms with Gasteiger partial charge in [0, 0.05) is 51.4 Å². The summed E-state index contributed by atoms with van der Waals surface area (Å²) in [5, 5.41) is 8.56. The van der Waals surface area contributed by atoms with Gasteiger partial charge in [-0.25, -0.2) is 0 Å². The highest BCUT2D eigenvalue weighted by atomic mass is 16.2. The minimum atomic E-state index is -0.148. The number of amides is 8. The molecular weight excluding hydrogens is 376 g/mol. The second-order valence-corrected chi connectivity index (χ2v) is 5.89. The van der Waals surface area contributed by atoms with E-state index in [2.05, 4.69) is 21.3 Å². The molecule has 8 amide bonds. The predicted molar refractivity (Wildman–Crippen MR) is 89.5 cm³/mol. The lowest BCUT2D eigenvalue weighted by Crippen LogP contribution is -2.18. The molecule has 4 aliphatic heterocycles. The Kier molecular flexibility index (Phi) is 9.13. The molecule has 0 aliphatic carbocycles. The molecule has 4 aliphatic rings. The minimum absolute atomic E-state index is 0.148. The summed E-state index contributed by atoms with van der Waals surface area (Å²) in [5.74, 6) is -1.19. The first kappa shape index (κ1) is 22.6. The Morgan fingerprint density at radius 2 is 0.393 bits per heavy atom. The fraction of sp³-hybridized carbons (Fsp3) is 0.500. The minimum Gasteiger partial charge on any atom is -0.296 e. The summed E-state index contributed by atoms with van der Waals surface area (Å²) < 4.78 is 0. The Labute approximate surface area is 159 Å². The summed E-state index contributed by atoms with van der Waals surface area (Å²) in [6.07, 6.45) is 2.99. The predicted octanol–water partition coefficient (Wildman–Crippen LogP) is -2.31. The van der Waals surface area contributed by atoms with Crippen LogP contribution in [0.5, 0.6) is 0 Å². The zero-order valence-corrected chi connectivity index (χ0v) is 14.9. The van der Waals surface area contributed by atoms with Crippen molar-refractivity contribution in [2.45, 2.75) is 51.4 Å². The Balaban J connectivity index is 0.000000187. The van der Waals surface area contributed by atoms with Gasteiger partial charge in [-0.2, -0.15) is 0 Å². The third-order valence-corrected chi connectivity index (χ3v) is 3.43. The number of hydrogen-bond acceptors (Lipinski definition) is 8. The molecule has 28 heavy (non-hydrogen) atoms. The van der Waals surface area contributed by atoms with Crippen LogP contribution in [0.3, 0.4) is 0 Å². The molecule has 0 atom stereocenters. The van der Waals surface area contributed by atoms with Gasteiger partial charge in [0.25, 0.3) is 0 Å². The van der Waals surface area contributed by atoms with Gasteiger partial charge >= 0.3 is 0 Å². The van der Waals surface area contributed by atoms with E-state index in [1.54, 1.807) is 0 Å². The smallest absolute Gasteiger partial charge is 0.227 e. The molecule has 4 N–H and O–H groups in total. The third-order valence-electron chi connectivity index (χ3n) is 3.43. The lowest BCUT2D eigenvalue weighted by molar-refractivity contribution is -0.126. The van der Waals surface area contributed by atoms with Crippen LogP contribution in [0.2, 0.25) is 0 Å². The fourth-order valence-electron chi connectivity index (χ4n) is 2.03. The van der Waals surface area contributed by atoms with Gasteiger partial charge in [0.1, 0.15) is 0 Å². The van der Waals surface area contributed by atoms with Crippen molar-refractivity contribution in [3.05, 3.63) is 0 Å². The number of rotatable bonds is 0. The topological polar surface area (TPSA) is 185 Å². The average Bonchev–Trinajstić information content (AvgIpc) is 3.37. The Bertz CT molecular complexity index is 539. The molecule has 0 aromatic carbocycles. The summed E-state index contributed by atoms with van der Waals surface area (Å²) >= 11 is 0. The molecule has 4 fully saturated rings. The Hall–Kier alpha value is -3.44. The molecule has 0 spiro atoms. The molecule has 4 saturated heterocycles. The quantitative estimate of drug-likeness (QED) is 0.329. The number of imide groups is 4. The molecule has 4 heterocycles. The standard InChI is InChI=1S/4C4H5NO2/c4*6-3-1-2-4(7)5-3/h4*1-2H2,(H,5,6,7). The highest BCUT2D eigenvalue weighted by Crippen LogP contribution is 1.97. The van der Waals surface area contributed by atoms with Crippen LogP contribution in [0.4, 0.5) is 0 Å². The van der Waals surface area contributed by atoms with Crippen LogP contribution < -0.4 is 21.3 Å². The molecule has 0 unspecified atom stereocenters. The summed E-state index contributed by atoms with van der Waals surface area (Å²) in [6, 6.07) is 0. The van der Waals surface area contributed by atoms with Crippen LogP contribution in [0, 0.1) is 0 Å². The first-order chi connectivity index (χ1) is 13.2. The van der Waals surface area contributed by atoms with Crippen molar-refractivity contribution in [1.29, 1.82) is 0 Å². The van der Waals surface area contributed by atoms with Crippen molar-refractivity contribution in [2.75, 3.05) is 0 Å². The van der Waals surface area contributed by atoms with Gasteiger partial charge in [-0.15, -0.1) is 0 Å². The Morgan fingerprint density at radius 1 is 0.286 bits per heavy atom. The summed E-state index contributed by atoms with van der Waals surface area (Å²) in [6.45, 7) is 0. The van der Waals surface area contributed by atoms with E-state index in [-0.39, 0.29) is 47.3 Å². The maximum Gasteiger partial charge on any atom is 0.227 e. The van der Waals surface area contributed by atoms with Crippen molar-refractivity contribution in [2.24, 2.45) is 0 Å². The Morgan fingerprint density at radius 3 is 0.429 bits per heavy atom. The van der Waals surface area contributed by atoms with Crippen molar-refractivity contribution in [3.8, 4) is 0 Å². The lowest BCUT2D eigenvalue weighted by Gasteiger charge is -1.79. The van der Waals surface area contributed by atoms with E-state index in [0.717, 1.165) is 0 Å². The normalized spacial score (nSPS) is 20.0. The maximum absolute atomic E-state index is 10.1. The van der Waals surface area contributed by atoms with Gasteiger partial charge in [-0.05, 0) is 0 Å². The SMILES string of the molecule is O=C1CCC(=O)N1.O=C1CCC(=O)N1.O=C1CCC(=O)N1.O=C1CCC(=O)N1. The van der Waals surface area contributed by atoms with E-state index in [1.807, 2.05) is 0 Å². The molecule has 0 saturated carbocycles. The monoisotopic (exact) mass is 396 g/mol. The largest absolute Gasteiger partial charge is 0.296 e. The zero-order valence-electron chi connectivity index (χ0n) is 14.9. The number of nitrogens with one attached hydrogen (secondary N) is 4. The van der Waals surface area contributed by atoms with E-state index in [4.69, 9.17) is 0 Å². The molecule has 0 bridgehead atoms. The third kappa shape index (κ3) is 9.89. The van der Waals surface area contributed by atoms with Gasteiger partial charge in [-0.3, -0.25) is 59.6 Å². The van der Waals surface area contributed by atoms with Gasteiger partial charge < -0.3 is 0 Å². The molecular formula is C16H20N4O8. The van der Waals surface area contributed by atoms with E-state index in [9.17, 15) is 38.4 Å². The van der Waals surface area contributed by atoms with E-state index >= 15 is 0 Å². The fourth-order valence-corrected chi connectivity index (χ4v) is 2.03. The second-order valence-electron chi connectivity index (χ2n) is 5.89. The first-order valence-corrected chi connectivity index (χ1v) is 8.46. The molecule has 0 aromatic rings. The summed E-state index contributed by atoms with van der Waals surface area (Å²) in [5.41, 5.74) is 0. The van der Waals surface area contributed by atoms with Crippen molar-refractivity contribution in [1.82, 2.24) is 21.3 Å². The van der Waals surface area contributed by atoms with E-state index < -0.39 is 0 Å². The highest BCUT2D eigenvalue weighted by molar-refractivity contribution is 6.03. The zero-order chi connectivity index (χ0) is 21.1. The van der Waals surface area contributed by atoms with Crippen molar-refractivity contribution < 1.29 is 38.4 Å². The number of hydrogen-bond donors (Lipinski definition) is 4. The van der Waals surface area contributed by atoms with Crippen LogP contribution in [-0.2, 0) is 38.4 Å². The van der Waals surface area contributed by atoms with Crippen LogP contribution in [0.1, 0.15) is 51.4 Å². The maximum atomic E-state index is 10.1. The molecule has 0 radical (unpaired) electrons. The highest BCUT2D eigenvalue weighted by Gasteiger charge is 2.17. The van der Waals surface area contributed by atoms with Crippen molar-refractivity contribution >= 4 is 47.3 Å². The summed E-state index contributed by atoms with van der Waals surface area (Å²) in [7, 11) is 0. The van der Waals surface area contributed by atoms with Crippen molar-refractivity contribution in [3.63, 3.8) is 0 Å². The van der Waals surface area contributed by atoms with Crippen LogP contribution in [0.25, 0.3) is 0 Å². The van der Waals surface area contributed by atoms with Crippen LogP contribution in [0.15, 0.2) is 0 Å². The van der Waals surface area contributed by atoms with Crippen LogP contribution in [-0.4, -0.2) is 47.3 Å². The molecule has 12 heteroatoms. The van der Waals surface area contributed by atoms with Crippen LogP contribution >= 0.6 is 0 Å². The van der Waals surface area contributed by atoms with Gasteiger partial charge in [0.05, 0.1) is 0 Å². The van der Waals surface area contributed by atoms with Gasteiger partial charge in [0.15, 0.2) is 0 Å². The second kappa shape index (κ2) is 11.3. The van der Waals surface area contributed by atoms with Gasteiger partial charge in [-0.1, -0.05) is 0 Å². The molecule has 152 valence electrons. The number of carbonyl (C=O) groups is 8. The van der Waals surface area contributed by atoms with E-state index in [1.165, 1.54) is 0 Å². The lowest BCUT2D eigenvalue weighted by atomic mass is 10.4. The van der Waals surface area contributed by atoms with Gasteiger partial charge in [0.2, 0.25) is 47.3 Å².